The minimum Gasteiger partial charge on any atom is -0.444 e. The van der Waals surface area contributed by atoms with Gasteiger partial charge in [-0.2, -0.15) is 0 Å². The van der Waals surface area contributed by atoms with Gasteiger partial charge in [0.1, 0.15) is 5.60 Å². The topological polar surface area (TPSA) is 48.0 Å². The molecule has 5 heteroatoms. The van der Waals surface area contributed by atoms with Crippen LogP contribution < -0.4 is 0 Å². The summed E-state index contributed by atoms with van der Waals surface area (Å²) in [7, 11) is 0. The Labute approximate surface area is 145 Å². The zero-order valence-electron chi connectivity index (χ0n) is 15.4. The molecular formula is C19H31NO4. The molecule has 5 nitrogen and oxygen atoms in total. The summed E-state index contributed by atoms with van der Waals surface area (Å²) in [5, 5.41) is 0. The van der Waals surface area contributed by atoms with Gasteiger partial charge in [0.15, 0.2) is 6.29 Å². The number of nitrogens with zero attached hydrogens (tertiary/aromatic N) is 1. The van der Waals surface area contributed by atoms with E-state index in [9.17, 15) is 4.79 Å². The van der Waals surface area contributed by atoms with Gasteiger partial charge >= 0.3 is 6.09 Å². The van der Waals surface area contributed by atoms with Crippen molar-refractivity contribution in [3.63, 3.8) is 0 Å². The average molecular weight is 337 g/mol. The molecule has 0 radical (unpaired) electrons. The van der Waals surface area contributed by atoms with Crippen LogP contribution in [0.1, 0.15) is 47.0 Å². The normalized spacial score (nSPS) is 34.2. The van der Waals surface area contributed by atoms with E-state index in [1.54, 1.807) is 0 Å². The average Bonchev–Trinajstić information content (AvgIpc) is 2.97. The van der Waals surface area contributed by atoms with Gasteiger partial charge in [0, 0.05) is 24.9 Å². The Balaban J connectivity index is 1.72. The van der Waals surface area contributed by atoms with Gasteiger partial charge in [-0.05, 0) is 45.4 Å². The zero-order chi connectivity index (χ0) is 17.3. The van der Waals surface area contributed by atoms with Crippen molar-refractivity contribution in [1.29, 1.82) is 0 Å². The first kappa shape index (κ1) is 17.7. The minimum atomic E-state index is -0.459. The summed E-state index contributed by atoms with van der Waals surface area (Å²) in [6.45, 7) is 10.1. The van der Waals surface area contributed by atoms with Gasteiger partial charge in [-0.25, -0.2) is 4.79 Å². The van der Waals surface area contributed by atoms with Crippen LogP contribution in [0.2, 0.25) is 0 Å². The number of amides is 1. The second kappa shape index (κ2) is 7.04. The van der Waals surface area contributed by atoms with Crippen molar-refractivity contribution in [2.75, 3.05) is 19.8 Å². The van der Waals surface area contributed by atoms with Crippen molar-refractivity contribution in [1.82, 2.24) is 4.90 Å². The number of fused-ring (bicyclic) bond motifs is 1. The van der Waals surface area contributed by atoms with Crippen LogP contribution >= 0.6 is 0 Å². The van der Waals surface area contributed by atoms with E-state index in [4.69, 9.17) is 14.2 Å². The van der Waals surface area contributed by atoms with E-state index in [1.807, 2.05) is 25.7 Å². The maximum absolute atomic E-state index is 12.6. The van der Waals surface area contributed by atoms with Gasteiger partial charge in [0.2, 0.25) is 0 Å². The number of carbonyl (C=O) groups excluding carboxylic acids is 1. The standard InChI is InChI=1S/C19H31NO4/c1-13-10-14(12-17-22-8-9-23-17)15-6-5-7-20(16(15)11-13)18(21)24-19(2,3)4/h5-6,13-17H,7-12H2,1-4H3/t13-,14+,15-,16+/m1/s1. The smallest absolute Gasteiger partial charge is 0.410 e. The number of rotatable bonds is 2. The lowest BCUT2D eigenvalue weighted by Crippen LogP contribution is -2.53. The Morgan fingerprint density at radius 2 is 1.96 bits per heavy atom. The van der Waals surface area contributed by atoms with Crippen molar-refractivity contribution in [3.05, 3.63) is 12.2 Å². The first-order chi connectivity index (χ1) is 11.3. The first-order valence-corrected chi connectivity index (χ1v) is 9.23. The highest BCUT2D eigenvalue weighted by atomic mass is 16.7. The molecule has 2 fully saturated rings. The Kier molecular flexibility index (Phi) is 5.21. The van der Waals surface area contributed by atoms with E-state index in [0.717, 1.165) is 19.3 Å². The second-order valence-electron chi connectivity index (χ2n) is 8.45. The Morgan fingerprint density at radius 3 is 2.62 bits per heavy atom. The summed E-state index contributed by atoms with van der Waals surface area (Å²) in [4.78, 5) is 14.6. The lowest BCUT2D eigenvalue weighted by Gasteiger charge is -2.47. The molecule has 136 valence electrons. The summed E-state index contributed by atoms with van der Waals surface area (Å²) in [6, 6.07) is 0.222. The molecule has 0 bridgehead atoms. The third-order valence-corrected chi connectivity index (χ3v) is 5.21. The van der Waals surface area contributed by atoms with E-state index in [2.05, 4.69) is 19.1 Å². The van der Waals surface area contributed by atoms with Crippen molar-refractivity contribution < 1.29 is 19.0 Å². The molecular weight excluding hydrogens is 306 g/mol. The Hall–Kier alpha value is -1.07. The predicted molar refractivity (Wildman–Crippen MR) is 91.6 cm³/mol. The van der Waals surface area contributed by atoms with Crippen LogP contribution in [0.3, 0.4) is 0 Å². The maximum atomic E-state index is 12.6. The van der Waals surface area contributed by atoms with Gasteiger partial charge in [0.25, 0.3) is 0 Å². The van der Waals surface area contributed by atoms with Crippen LogP contribution in [0, 0.1) is 17.8 Å². The second-order valence-corrected chi connectivity index (χ2v) is 8.45. The van der Waals surface area contributed by atoms with Crippen LogP contribution in [0.5, 0.6) is 0 Å². The van der Waals surface area contributed by atoms with Crippen LogP contribution in [0.25, 0.3) is 0 Å². The van der Waals surface area contributed by atoms with Crippen molar-refractivity contribution >= 4 is 6.09 Å². The highest BCUT2D eigenvalue weighted by Crippen LogP contribution is 2.42. The fourth-order valence-corrected chi connectivity index (χ4v) is 4.32. The summed E-state index contributed by atoms with van der Waals surface area (Å²) >= 11 is 0. The van der Waals surface area contributed by atoms with Crippen molar-refractivity contribution in [3.8, 4) is 0 Å². The maximum Gasteiger partial charge on any atom is 0.410 e. The molecule has 1 saturated heterocycles. The summed E-state index contributed by atoms with van der Waals surface area (Å²) in [5.74, 6) is 1.45. The first-order valence-electron chi connectivity index (χ1n) is 9.23. The largest absolute Gasteiger partial charge is 0.444 e. The monoisotopic (exact) mass is 337 g/mol. The molecule has 1 aliphatic carbocycles. The Morgan fingerprint density at radius 1 is 1.25 bits per heavy atom. The van der Waals surface area contributed by atoms with E-state index in [1.165, 1.54) is 0 Å². The highest BCUT2D eigenvalue weighted by Gasteiger charge is 2.43. The predicted octanol–water partition coefficient (Wildman–Crippen LogP) is 3.59. The minimum absolute atomic E-state index is 0.0775. The van der Waals surface area contributed by atoms with Crippen LogP contribution in [0.4, 0.5) is 4.79 Å². The lowest BCUT2D eigenvalue weighted by molar-refractivity contribution is -0.0725. The van der Waals surface area contributed by atoms with Crippen molar-refractivity contribution in [2.45, 2.75) is 64.9 Å². The van der Waals surface area contributed by atoms with E-state index >= 15 is 0 Å². The quantitative estimate of drug-likeness (QED) is 0.723. The number of hydrogen-bond donors (Lipinski definition) is 0. The van der Waals surface area contributed by atoms with Gasteiger partial charge < -0.3 is 19.1 Å². The van der Waals surface area contributed by atoms with Gasteiger partial charge in [-0.1, -0.05) is 19.1 Å². The summed E-state index contributed by atoms with van der Waals surface area (Å²) < 4.78 is 17.0. The molecule has 4 atom stereocenters. The van der Waals surface area contributed by atoms with Crippen LogP contribution in [-0.2, 0) is 14.2 Å². The SMILES string of the molecule is C[C@@H]1C[C@@H](CC2OCCO2)[C@H]2C=CCN(C(=O)OC(C)(C)C)[C@H]2C1. The van der Waals surface area contributed by atoms with E-state index in [0.29, 0.717) is 37.5 Å². The molecule has 3 rings (SSSR count). The molecule has 0 spiro atoms. The molecule has 1 saturated carbocycles. The van der Waals surface area contributed by atoms with Gasteiger partial charge in [-0.3, -0.25) is 0 Å². The van der Waals surface area contributed by atoms with Crippen LogP contribution in [0.15, 0.2) is 12.2 Å². The zero-order valence-corrected chi connectivity index (χ0v) is 15.4. The molecule has 0 aromatic rings. The molecule has 3 aliphatic rings. The van der Waals surface area contributed by atoms with E-state index < -0.39 is 5.60 Å². The van der Waals surface area contributed by atoms with Gasteiger partial charge in [0.05, 0.1) is 13.2 Å². The number of ether oxygens (including phenoxy) is 3. The van der Waals surface area contributed by atoms with Crippen LogP contribution in [-0.4, -0.2) is 48.7 Å². The fourth-order valence-electron chi connectivity index (χ4n) is 4.32. The molecule has 0 aromatic carbocycles. The number of carbonyl (C=O) groups is 1. The van der Waals surface area contributed by atoms with E-state index in [-0.39, 0.29) is 18.4 Å². The van der Waals surface area contributed by atoms with Crippen molar-refractivity contribution in [2.24, 2.45) is 17.8 Å². The number of hydrogen-bond acceptors (Lipinski definition) is 4. The lowest BCUT2D eigenvalue weighted by atomic mass is 9.68. The summed E-state index contributed by atoms with van der Waals surface area (Å²) in [6.07, 6.45) is 7.27. The molecule has 2 aliphatic heterocycles. The third kappa shape index (κ3) is 4.12. The molecule has 24 heavy (non-hydrogen) atoms. The Bertz CT molecular complexity index is 478. The highest BCUT2D eigenvalue weighted by molar-refractivity contribution is 5.69. The molecule has 2 heterocycles. The fraction of sp³-hybridized carbons (Fsp3) is 0.842. The summed E-state index contributed by atoms with van der Waals surface area (Å²) in [5.41, 5.74) is -0.459. The third-order valence-electron chi connectivity index (χ3n) is 5.21. The molecule has 0 aromatic heterocycles. The molecule has 0 unspecified atom stereocenters. The van der Waals surface area contributed by atoms with Gasteiger partial charge in [-0.15, -0.1) is 0 Å². The molecule has 0 N–H and O–H groups in total. The molecule has 1 amide bonds.